The molecule has 0 N–H and O–H groups in total. The van der Waals surface area contributed by atoms with E-state index in [0.29, 0.717) is 74.9 Å². The van der Waals surface area contributed by atoms with Crippen LogP contribution in [0.15, 0.2) is 169 Å². The number of ether oxygens (including phenoxy) is 4. The third-order valence-corrected chi connectivity index (χ3v) is 19.4. The quantitative estimate of drug-likeness (QED) is 0.0165. The fraction of sp³-hybridized carbons (Fsp3) is 0.400. The highest BCUT2D eigenvalue weighted by molar-refractivity contribution is 8.13. The number of aryl methyl sites for hydroxylation is 6. The summed E-state index contributed by atoms with van der Waals surface area (Å²) in [6, 6.07) is 28.5. The highest BCUT2D eigenvalue weighted by Gasteiger charge is 2.28. The molecule has 133 heavy (non-hydrogen) atoms. The van der Waals surface area contributed by atoms with E-state index in [4.69, 9.17) is 48.0 Å². The van der Waals surface area contributed by atoms with E-state index < -0.39 is 36.3 Å². The van der Waals surface area contributed by atoms with Crippen molar-refractivity contribution in [1.82, 2.24) is 119 Å². The monoisotopic (exact) mass is 1880 g/mol. The summed E-state index contributed by atoms with van der Waals surface area (Å²) >= 11 is 1.49. The van der Waals surface area contributed by atoms with Crippen LogP contribution in [0.5, 0.6) is 17.2 Å². The normalized spacial score (nSPS) is 12.0. The van der Waals surface area contributed by atoms with E-state index in [0.717, 1.165) is 53.9 Å². The molecule has 0 radical (unpaired) electrons. The molecule has 0 aliphatic heterocycles. The maximum atomic E-state index is 13.3. The van der Waals surface area contributed by atoms with E-state index in [1.807, 2.05) is 27.0 Å². The molecule has 12 aromatic rings. The number of oxime groups is 6. The molecule has 0 amide bonds. The van der Waals surface area contributed by atoms with E-state index in [-0.39, 0.29) is 107 Å². The lowest BCUT2D eigenvalue weighted by molar-refractivity contribution is 0.118. The molecule has 46 nitrogen and oxygen atoms in total. The van der Waals surface area contributed by atoms with E-state index in [2.05, 4.69) is 93.5 Å². The van der Waals surface area contributed by atoms with Crippen LogP contribution in [0.2, 0.25) is 0 Å². The third kappa shape index (κ3) is 27.3. The summed E-state index contributed by atoms with van der Waals surface area (Å²) in [6.45, 7) is 14.0. The second-order valence-corrected chi connectivity index (χ2v) is 28.9. The van der Waals surface area contributed by atoms with Gasteiger partial charge >= 0.3 is 34.1 Å². The van der Waals surface area contributed by atoms with Gasteiger partial charge in [0.25, 0.3) is 19.3 Å². The van der Waals surface area contributed by atoms with Gasteiger partial charge in [-0.3, -0.25) is 0 Å². The summed E-state index contributed by atoms with van der Waals surface area (Å²) in [5, 5.41) is 68.3. The van der Waals surface area contributed by atoms with Gasteiger partial charge in [0.05, 0.1) is 96.4 Å². The largest absolute Gasteiger partial charge is 0.496 e. The molecule has 712 valence electrons. The number of nitrogens with zero attached hydrogens (tertiary/aromatic N) is 30. The Kier molecular flexibility index (Phi) is 38.6. The van der Waals surface area contributed by atoms with Crippen LogP contribution in [0.4, 0.5) is 26.3 Å². The molecule has 1 aliphatic rings. The number of alkyl halides is 6. The Hall–Kier alpha value is -15.5. The topological polar surface area (TPSA) is 483 Å². The average molecular weight is 1880 g/mol. The van der Waals surface area contributed by atoms with Crippen LogP contribution in [0, 0.1) is 5.92 Å². The van der Waals surface area contributed by atoms with Crippen LogP contribution in [0.3, 0.4) is 0 Å². The predicted octanol–water partition coefficient (Wildman–Crippen LogP) is 8.38. The Morgan fingerprint density at radius 1 is 0.383 bits per heavy atom. The molecule has 0 spiro atoms. The molecule has 0 saturated heterocycles. The van der Waals surface area contributed by atoms with Gasteiger partial charge in [-0.2, -0.15) is 56.2 Å². The Bertz CT molecular complexity index is 6340. The van der Waals surface area contributed by atoms with Gasteiger partial charge < -0.3 is 48.0 Å². The summed E-state index contributed by atoms with van der Waals surface area (Å²) < 4.78 is 113. The summed E-state index contributed by atoms with van der Waals surface area (Å²) in [5.41, 5.74) is 3.65. The molecule has 0 unspecified atom stereocenters. The maximum absolute atomic E-state index is 13.3. The lowest BCUT2D eigenvalue weighted by Crippen LogP contribution is -2.23. The van der Waals surface area contributed by atoms with Gasteiger partial charge in [0, 0.05) is 94.7 Å². The van der Waals surface area contributed by atoms with E-state index in [1.54, 1.807) is 110 Å². The summed E-state index contributed by atoms with van der Waals surface area (Å²) in [6.07, 6.45) is -1.79. The summed E-state index contributed by atoms with van der Waals surface area (Å²) in [5.74, 6) is 2.69. The van der Waals surface area contributed by atoms with Crippen molar-refractivity contribution < 1.29 is 74.3 Å². The number of thioether (sulfide) groups is 1. The lowest BCUT2D eigenvalue weighted by atomic mass is 10.1. The number of benzene rings is 6. The van der Waals surface area contributed by atoms with E-state index in [1.165, 1.54) is 154 Å². The minimum Gasteiger partial charge on any atom is -0.496 e. The smallest absolute Gasteiger partial charge is 0.368 e. The van der Waals surface area contributed by atoms with Crippen molar-refractivity contribution in [2.75, 3.05) is 34.7 Å². The zero-order valence-electron chi connectivity index (χ0n) is 75.8. The maximum Gasteiger partial charge on any atom is 0.368 e. The number of hydrogen-bond acceptors (Lipinski definition) is 35. The SMILES string of the molecule is CC(C)=NOCc1c(C(F)F)cccc1-n1nnn(C)c1=O.CC=NOCc1c(C(F)F)cccc1-n1nnn(C)c1=O.CCC(C)=NOCc1c(C(F)F)cccc1-n1nnn(C)c1=O.COC(C)=NOCc1c(OC)cccc1-n1nnn(C)c1=O.COc1cccc(-n2nnn(C)c2=O)c1CON=C(C)C1CC1.COc1cccc(-n2nnn(C)c2=O)c1CON=C(C)SC. The Balaban J connectivity index is 0.000000197. The van der Waals surface area contributed by atoms with Crippen molar-refractivity contribution in [2.24, 2.45) is 79.1 Å². The number of rotatable bonds is 32. The highest BCUT2D eigenvalue weighted by Crippen LogP contribution is 2.34. The first kappa shape index (κ1) is 103. The van der Waals surface area contributed by atoms with Gasteiger partial charge in [-0.1, -0.05) is 92.5 Å². The van der Waals surface area contributed by atoms with Gasteiger partial charge in [0.1, 0.15) is 61.9 Å². The molecule has 0 atom stereocenters. The first-order valence-corrected chi connectivity index (χ1v) is 41.0. The Morgan fingerprint density at radius 2 is 0.654 bits per heavy atom. The zero-order valence-corrected chi connectivity index (χ0v) is 76.6. The predicted molar refractivity (Wildman–Crippen MR) is 472 cm³/mol. The van der Waals surface area contributed by atoms with Gasteiger partial charge in [-0.25, -0.2) is 55.1 Å². The molecular formula is C80H98F6N30O16S. The molecular weight excluding hydrogens is 1780 g/mol. The van der Waals surface area contributed by atoms with Crippen molar-refractivity contribution in [3.8, 4) is 51.4 Å². The van der Waals surface area contributed by atoms with Crippen molar-refractivity contribution in [3.05, 3.63) is 222 Å². The molecule has 6 heterocycles. The fourth-order valence-electron chi connectivity index (χ4n) is 11.4. The molecule has 13 rings (SSSR count). The van der Waals surface area contributed by atoms with Crippen molar-refractivity contribution in [1.29, 1.82) is 0 Å². The van der Waals surface area contributed by atoms with Crippen LogP contribution in [-0.4, -0.2) is 188 Å². The number of hydrogen-bond donors (Lipinski definition) is 0. The molecule has 53 heteroatoms. The molecule has 1 fully saturated rings. The Morgan fingerprint density at radius 3 is 0.910 bits per heavy atom. The van der Waals surface area contributed by atoms with Crippen molar-refractivity contribution in [2.45, 2.75) is 134 Å². The molecule has 1 aliphatic carbocycles. The van der Waals surface area contributed by atoms with Gasteiger partial charge in [0.15, 0.2) is 0 Å². The van der Waals surface area contributed by atoms with Crippen molar-refractivity contribution >= 4 is 46.1 Å². The fourth-order valence-corrected chi connectivity index (χ4v) is 11.5. The van der Waals surface area contributed by atoms with Crippen molar-refractivity contribution in [3.63, 3.8) is 0 Å². The van der Waals surface area contributed by atoms with E-state index >= 15 is 0 Å². The van der Waals surface area contributed by atoms with Crippen LogP contribution in [0.25, 0.3) is 34.1 Å². The standard InChI is InChI=1S/C15H19N5O3.C14H17F2N5O2.C13H15F2N5O2.C13H17N5O4.C13H17N5O3S.C12H13F2N5O2/c1-10(11-7-8-11)16-23-9-12-13(5-4-6-14(12)22-3)20-15(21)19(2)17-18-20;1-4-9(2)17-23-8-11-10(13(15)16)6-5-7-12(11)21-14(22)20(3)18-19-21;1-8(2)16-22-7-10-9(12(14)15)5-4-6-11(10)20-13(21)19(3)17-18-20;1-9(20-3)14-22-8-10-11(6-5-7-12(10)21-4)18-13(19)17(2)15-16-18;1-9(22-4)14-21-8-10-11(6-5-7-12(10)20-3)18-13(19)17(2)15-16-18;1-3-15-21-7-9-8(11(13)14)5-4-6-10(9)19-12(20)18(2)16-17-19/h4-6,11H,7-9H2,1-3H3;5-7,13H,4,8H2,1-3H3;4-6,12H,7H2,1-3H3;2*5-7H,8H2,1-4H3;3-6,11H,7H2,1-2H3. The highest BCUT2D eigenvalue weighted by atomic mass is 32.2. The minimum atomic E-state index is -2.71. The Labute approximate surface area is 756 Å². The van der Waals surface area contributed by atoms with Gasteiger partial charge in [0.2, 0.25) is 5.90 Å². The number of tetrazole rings is 6. The molecule has 6 aromatic carbocycles. The number of aromatic nitrogens is 24. The summed E-state index contributed by atoms with van der Waals surface area (Å²) in [7, 11) is 15.0. The van der Waals surface area contributed by atoms with Crippen LogP contribution in [-0.2, 0) is 116 Å². The second-order valence-electron chi connectivity index (χ2n) is 28.0. The lowest BCUT2D eigenvalue weighted by Gasteiger charge is -2.12. The average Bonchev–Trinajstić information content (AvgIpc) is 1.73. The molecule has 1 saturated carbocycles. The van der Waals surface area contributed by atoms with Gasteiger partial charge in [-0.15, -0.1) is 11.8 Å². The molecule has 0 bridgehead atoms. The first-order valence-electron chi connectivity index (χ1n) is 39.8. The second kappa shape index (κ2) is 49.9. The number of methoxy groups -OCH3 is 4. The van der Waals surface area contributed by atoms with E-state index in [9.17, 15) is 55.1 Å². The first-order chi connectivity index (χ1) is 63.7. The van der Waals surface area contributed by atoms with Crippen LogP contribution >= 0.6 is 11.8 Å². The van der Waals surface area contributed by atoms with Gasteiger partial charge in [-0.05, 0) is 184 Å². The number of halogens is 6. The summed E-state index contributed by atoms with van der Waals surface area (Å²) in [4.78, 5) is 103. The zero-order chi connectivity index (χ0) is 97.3. The molecule has 6 aromatic heterocycles. The van der Waals surface area contributed by atoms with Crippen LogP contribution < -0.4 is 48.3 Å². The van der Waals surface area contributed by atoms with Crippen LogP contribution in [0.1, 0.15) is 144 Å². The minimum absolute atomic E-state index is 0.0864. The third-order valence-electron chi connectivity index (χ3n) is 18.7.